The average Bonchev–Trinajstić information content (AvgIpc) is 3.26. The first-order valence-corrected chi connectivity index (χ1v) is 8.39. The Kier molecular flexibility index (Phi) is 4.11. The molecule has 1 atom stereocenters. The Bertz CT molecular complexity index is 1080. The van der Waals surface area contributed by atoms with Crippen molar-refractivity contribution in [3.05, 3.63) is 54.2 Å². The van der Waals surface area contributed by atoms with Crippen LogP contribution in [0.1, 0.15) is 17.4 Å². The SMILES string of the molecule is COc1ccc(C(Nc2nc(N)c3cnn(C)c3n2)c2nccn2C)cc1. The fourth-order valence-electron chi connectivity index (χ4n) is 2.99. The van der Waals surface area contributed by atoms with E-state index in [1.807, 2.05) is 49.1 Å². The summed E-state index contributed by atoms with van der Waals surface area (Å²) in [5.74, 6) is 2.40. The Labute approximate surface area is 155 Å². The quantitative estimate of drug-likeness (QED) is 0.556. The van der Waals surface area contributed by atoms with Crippen molar-refractivity contribution in [2.24, 2.45) is 14.1 Å². The van der Waals surface area contributed by atoms with Crippen LogP contribution in [0.4, 0.5) is 11.8 Å². The lowest BCUT2D eigenvalue weighted by Gasteiger charge is -2.19. The first-order chi connectivity index (χ1) is 13.1. The number of hydrogen-bond donors (Lipinski definition) is 2. The fraction of sp³-hybridized carbons (Fsp3) is 0.222. The number of nitrogen functional groups attached to an aromatic ring is 1. The summed E-state index contributed by atoms with van der Waals surface area (Å²) in [7, 11) is 5.40. The molecular weight excluding hydrogens is 344 g/mol. The molecule has 9 nitrogen and oxygen atoms in total. The minimum atomic E-state index is -0.263. The predicted octanol–water partition coefficient (Wildman–Crippen LogP) is 1.89. The standard InChI is InChI=1S/C18H20N8O/c1-25-9-8-20-17(25)14(11-4-6-12(27-3)7-5-11)22-18-23-15(19)13-10-21-26(2)16(13)24-18/h4-10,14H,1-3H3,(H3,19,22,23,24). The third-order valence-electron chi connectivity index (χ3n) is 4.46. The zero-order valence-corrected chi connectivity index (χ0v) is 15.3. The maximum atomic E-state index is 6.09. The molecule has 0 amide bonds. The molecule has 9 heteroatoms. The molecule has 0 radical (unpaired) electrons. The van der Waals surface area contributed by atoms with Crippen LogP contribution >= 0.6 is 0 Å². The maximum absolute atomic E-state index is 6.09. The van der Waals surface area contributed by atoms with Gasteiger partial charge in [-0.25, -0.2) is 4.98 Å². The Morgan fingerprint density at radius 1 is 1.15 bits per heavy atom. The topological polar surface area (TPSA) is 109 Å². The first kappa shape index (κ1) is 16.8. The van der Waals surface area contributed by atoms with Gasteiger partial charge in [-0.15, -0.1) is 0 Å². The van der Waals surface area contributed by atoms with E-state index in [0.29, 0.717) is 17.4 Å². The molecule has 4 rings (SSSR count). The van der Waals surface area contributed by atoms with Crippen LogP contribution in [0.5, 0.6) is 5.75 Å². The van der Waals surface area contributed by atoms with Gasteiger partial charge in [-0.05, 0) is 17.7 Å². The molecule has 1 unspecified atom stereocenters. The number of aromatic nitrogens is 6. The van der Waals surface area contributed by atoms with E-state index >= 15 is 0 Å². The van der Waals surface area contributed by atoms with E-state index in [9.17, 15) is 0 Å². The molecular formula is C18H20N8O. The third kappa shape index (κ3) is 3.03. The first-order valence-electron chi connectivity index (χ1n) is 8.39. The third-order valence-corrected chi connectivity index (χ3v) is 4.46. The lowest BCUT2D eigenvalue weighted by atomic mass is 10.1. The van der Waals surface area contributed by atoms with E-state index in [1.165, 1.54) is 0 Å². The minimum absolute atomic E-state index is 0.263. The number of nitrogens with one attached hydrogen (secondary N) is 1. The van der Waals surface area contributed by atoms with Crippen molar-refractivity contribution in [1.82, 2.24) is 29.3 Å². The van der Waals surface area contributed by atoms with Crippen molar-refractivity contribution in [2.45, 2.75) is 6.04 Å². The molecule has 3 aromatic heterocycles. The fourth-order valence-corrected chi connectivity index (χ4v) is 2.99. The van der Waals surface area contributed by atoms with Crippen LogP contribution < -0.4 is 15.8 Å². The van der Waals surface area contributed by atoms with Gasteiger partial charge in [0.2, 0.25) is 5.95 Å². The van der Waals surface area contributed by atoms with Crippen LogP contribution in [0.15, 0.2) is 42.9 Å². The molecule has 0 bridgehead atoms. The highest BCUT2D eigenvalue weighted by molar-refractivity contribution is 5.86. The second-order valence-electron chi connectivity index (χ2n) is 6.18. The molecule has 27 heavy (non-hydrogen) atoms. The van der Waals surface area contributed by atoms with E-state index < -0.39 is 0 Å². The van der Waals surface area contributed by atoms with Crippen molar-refractivity contribution in [3.8, 4) is 5.75 Å². The minimum Gasteiger partial charge on any atom is -0.497 e. The van der Waals surface area contributed by atoms with Gasteiger partial charge in [0, 0.05) is 26.5 Å². The Morgan fingerprint density at radius 3 is 2.59 bits per heavy atom. The normalized spacial score (nSPS) is 12.3. The van der Waals surface area contributed by atoms with E-state index in [1.54, 1.807) is 24.2 Å². The van der Waals surface area contributed by atoms with Crippen LogP contribution in [0.3, 0.4) is 0 Å². The maximum Gasteiger partial charge on any atom is 0.227 e. The summed E-state index contributed by atoms with van der Waals surface area (Å²) < 4.78 is 8.88. The molecule has 3 heterocycles. The number of ether oxygens (including phenoxy) is 1. The highest BCUT2D eigenvalue weighted by Crippen LogP contribution is 2.27. The van der Waals surface area contributed by atoms with E-state index in [2.05, 4.69) is 25.4 Å². The molecule has 0 spiro atoms. The lowest BCUT2D eigenvalue weighted by Crippen LogP contribution is -2.18. The number of hydrogen-bond acceptors (Lipinski definition) is 7. The highest BCUT2D eigenvalue weighted by atomic mass is 16.5. The Balaban J connectivity index is 1.77. The van der Waals surface area contributed by atoms with Crippen LogP contribution in [-0.4, -0.2) is 36.4 Å². The number of nitrogens with two attached hydrogens (primary N) is 1. The van der Waals surface area contributed by atoms with Crippen LogP contribution in [0.2, 0.25) is 0 Å². The molecule has 0 aliphatic heterocycles. The van der Waals surface area contributed by atoms with Gasteiger partial charge < -0.3 is 20.4 Å². The molecule has 0 fully saturated rings. The molecule has 0 saturated carbocycles. The summed E-state index contributed by atoms with van der Waals surface area (Å²) >= 11 is 0. The molecule has 0 aliphatic carbocycles. The highest BCUT2D eigenvalue weighted by Gasteiger charge is 2.21. The number of aryl methyl sites for hydroxylation is 2. The number of rotatable bonds is 5. The van der Waals surface area contributed by atoms with Crippen molar-refractivity contribution >= 4 is 22.8 Å². The number of anilines is 2. The molecule has 3 N–H and O–H groups in total. The average molecular weight is 364 g/mol. The van der Waals surface area contributed by atoms with Crippen molar-refractivity contribution in [3.63, 3.8) is 0 Å². The Hall–Kier alpha value is -3.62. The van der Waals surface area contributed by atoms with Crippen molar-refractivity contribution in [1.29, 1.82) is 0 Å². The van der Waals surface area contributed by atoms with E-state index in [0.717, 1.165) is 22.5 Å². The summed E-state index contributed by atoms with van der Waals surface area (Å²) in [5, 5.41) is 8.28. The summed E-state index contributed by atoms with van der Waals surface area (Å²) in [4.78, 5) is 13.5. The summed E-state index contributed by atoms with van der Waals surface area (Å²) in [6.45, 7) is 0. The van der Waals surface area contributed by atoms with E-state index in [4.69, 9.17) is 10.5 Å². The second-order valence-corrected chi connectivity index (χ2v) is 6.18. The smallest absolute Gasteiger partial charge is 0.227 e. The van der Waals surface area contributed by atoms with Gasteiger partial charge in [0.25, 0.3) is 0 Å². The predicted molar refractivity (Wildman–Crippen MR) is 102 cm³/mol. The summed E-state index contributed by atoms with van der Waals surface area (Å²) in [6.07, 6.45) is 5.31. The van der Waals surface area contributed by atoms with Crippen LogP contribution in [-0.2, 0) is 14.1 Å². The van der Waals surface area contributed by atoms with Gasteiger partial charge in [0.05, 0.1) is 18.7 Å². The number of nitrogens with zero attached hydrogens (tertiary/aromatic N) is 6. The number of methoxy groups -OCH3 is 1. The lowest BCUT2D eigenvalue weighted by molar-refractivity contribution is 0.414. The zero-order valence-electron chi connectivity index (χ0n) is 15.3. The van der Waals surface area contributed by atoms with Gasteiger partial charge in [0.1, 0.15) is 23.4 Å². The Morgan fingerprint density at radius 2 is 1.93 bits per heavy atom. The van der Waals surface area contributed by atoms with Crippen LogP contribution in [0, 0.1) is 0 Å². The molecule has 0 aliphatic rings. The number of benzene rings is 1. The zero-order chi connectivity index (χ0) is 19.0. The molecule has 1 aromatic carbocycles. The number of fused-ring (bicyclic) bond motifs is 1. The second kappa shape index (κ2) is 6.60. The van der Waals surface area contributed by atoms with Crippen LogP contribution in [0.25, 0.3) is 11.0 Å². The van der Waals surface area contributed by atoms with Gasteiger partial charge >= 0.3 is 0 Å². The van der Waals surface area contributed by atoms with Gasteiger partial charge in [-0.3, -0.25) is 4.68 Å². The van der Waals surface area contributed by atoms with E-state index in [-0.39, 0.29) is 6.04 Å². The summed E-state index contributed by atoms with van der Waals surface area (Å²) in [6, 6.07) is 7.52. The summed E-state index contributed by atoms with van der Waals surface area (Å²) in [5.41, 5.74) is 7.75. The largest absolute Gasteiger partial charge is 0.497 e. The monoisotopic (exact) mass is 364 g/mol. The molecule has 0 saturated heterocycles. The molecule has 4 aromatic rings. The van der Waals surface area contributed by atoms with Crippen molar-refractivity contribution < 1.29 is 4.74 Å². The number of imidazole rings is 1. The van der Waals surface area contributed by atoms with Gasteiger partial charge in [-0.2, -0.15) is 15.1 Å². The van der Waals surface area contributed by atoms with Crippen molar-refractivity contribution in [2.75, 3.05) is 18.2 Å². The van der Waals surface area contributed by atoms with Gasteiger partial charge in [-0.1, -0.05) is 12.1 Å². The molecule has 138 valence electrons. The van der Waals surface area contributed by atoms with Gasteiger partial charge in [0.15, 0.2) is 5.65 Å².